The summed E-state index contributed by atoms with van der Waals surface area (Å²) in [4.78, 5) is 2.67. The van der Waals surface area contributed by atoms with E-state index in [9.17, 15) is 0 Å². The zero-order valence-corrected chi connectivity index (χ0v) is 13.2. The lowest BCUT2D eigenvalue weighted by Gasteiger charge is -2.51. The van der Waals surface area contributed by atoms with Gasteiger partial charge in [0, 0.05) is 6.04 Å². The Bertz CT molecular complexity index is 464. The van der Waals surface area contributed by atoms with Crippen LogP contribution in [0.2, 0.25) is 0 Å². The van der Waals surface area contributed by atoms with Crippen LogP contribution in [0.5, 0.6) is 0 Å². The summed E-state index contributed by atoms with van der Waals surface area (Å²) in [7, 11) is 0. The third kappa shape index (κ3) is 2.29. The fourth-order valence-electron chi connectivity index (χ4n) is 4.04. The fourth-order valence-corrected chi connectivity index (χ4v) is 4.04. The molecule has 0 N–H and O–H groups in total. The minimum absolute atomic E-state index is 0.0727. The Morgan fingerprint density at radius 2 is 1.90 bits per heavy atom. The van der Waals surface area contributed by atoms with E-state index in [-0.39, 0.29) is 5.72 Å². The minimum Gasteiger partial charge on any atom is -0.359 e. The predicted molar refractivity (Wildman–Crippen MR) is 82.5 cm³/mol. The second-order valence-corrected chi connectivity index (χ2v) is 7.59. The summed E-state index contributed by atoms with van der Waals surface area (Å²) in [5.41, 5.74) is 1.62. The molecule has 0 aromatic heterocycles. The molecule has 20 heavy (non-hydrogen) atoms. The zero-order chi connectivity index (χ0) is 14.4. The van der Waals surface area contributed by atoms with Crippen molar-refractivity contribution in [3.05, 3.63) is 35.9 Å². The first-order valence-corrected chi connectivity index (χ1v) is 7.89. The zero-order valence-electron chi connectivity index (χ0n) is 13.2. The van der Waals surface area contributed by atoms with Crippen molar-refractivity contribution >= 4 is 0 Å². The number of ether oxygens (including phenoxy) is 1. The quantitative estimate of drug-likeness (QED) is 0.753. The van der Waals surface area contributed by atoms with Crippen LogP contribution in [0.15, 0.2) is 30.3 Å². The van der Waals surface area contributed by atoms with Crippen LogP contribution < -0.4 is 0 Å². The van der Waals surface area contributed by atoms with Gasteiger partial charge in [0.05, 0.1) is 12.6 Å². The van der Waals surface area contributed by atoms with Gasteiger partial charge < -0.3 is 4.74 Å². The number of hydrogen-bond acceptors (Lipinski definition) is 2. The van der Waals surface area contributed by atoms with Gasteiger partial charge in [0.2, 0.25) is 0 Å². The van der Waals surface area contributed by atoms with Gasteiger partial charge in [-0.1, -0.05) is 51.1 Å². The van der Waals surface area contributed by atoms with Crippen LogP contribution in [0, 0.1) is 5.41 Å². The maximum Gasteiger partial charge on any atom is 0.119 e. The molecule has 0 bridgehead atoms. The van der Waals surface area contributed by atoms with E-state index in [1.54, 1.807) is 0 Å². The maximum absolute atomic E-state index is 6.26. The summed E-state index contributed by atoms with van der Waals surface area (Å²) in [5, 5.41) is 0. The number of piperidine rings is 1. The van der Waals surface area contributed by atoms with Gasteiger partial charge in [0.25, 0.3) is 0 Å². The van der Waals surface area contributed by atoms with E-state index in [2.05, 4.69) is 62.9 Å². The lowest BCUT2D eigenvalue weighted by molar-refractivity contribution is -0.135. The molecule has 2 nitrogen and oxygen atoms in total. The lowest BCUT2D eigenvalue weighted by atomic mass is 9.77. The van der Waals surface area contributed by atoms with E-state index in [4.69, 9.17) is 4.74 Å². The van der Waals surface area contributed by atoms with Crippen molar-refractivity contribution in [1.82, 2.24) is 4.90 Å². The van der Waals surface area contributed by atoms with Gasteiger partial charge >= 0.3 is 0 Å². The molecular weight excluding hydrogens is 246 g/mol. The molecule has 2 aliphatic rings. The van der Waals surface area contributed by atoms with Crippen LogP contribution in [0.4, 0.5) is 0 Å². The van der Waals surface area contributed by atoms with Gasteiger partial charge in [0.1, 0.15) is 5.72 Å². The average molecular weight is 273 g/mol. The highest BCUT2D eigenvalue weighted by Crippen LogP contribution is 2.49. The molecule has 0 saturated carbocycles. The molecule has 0 radical (unpaired) electrons. The number of benzene rings is 1. The van der Waals surface area contributed by atoms with Crippen molar-refractivity contribution in [3.63, 3.8) is 0 Å². The van der Waals surface area contributed by atoms with Crippen LogP contribution in [0.25, 0.3) is 0 Å². The molecule has 1 aromatic carbocycles. The third-order valence-electron chi connectivity index (χ3n) is 5.07. The van der Waals surface area contributed by atoms with Crippen LogP contribution in [-0.4, -0.2) is 23.3 Å². The largest absolute Gasteiger partial charge is 0.359 e. The SMILES string of the molecule is CC(C)(C)[C@@H]1CCC[C@@]2(C)OC[C@H](c3ccccc3)N12. The first-order valence-electron chi connectivity index (χ1n) is 7.89. The highest BCUT2D eigenvalue weighted by molar-refractivity contribution is 5.22. The van der Waals surface area contributed by atoms with Crippen molar-refractivity contribution in [1.29, 1.82) is 0 Å². The normalized spacial score (nSPS) is 35.0. The molecule has 2 saturated heterocycles. The summed E-state index contributed by atoms with van der Waals surface area (Å²) in [5.74, 6) is 0. The Balaban J connectivity index is 1.97. The number of hydrogen-bond donors (Lipinski definition) is 0. The van der Waals surface area contributed by atoms with Gasteiger partial charge in [-0.05, 0) is 37.2 Å². The molecule has 110 valence electrons. The Hall–Kier alpha value is -0.860. The van der Waals surface area contributed by atoms with Crippen molar-refractivity contribution in [2.75, 3.05) is 6.61 Å². The number of nitrogens with zero attached hydrogens (tertiary/aromatic N) is 1. The van der Waals surface area contributed by atoms with E-state index < -0.39 is 0 Å². The summed E-state index contributed by atoms with van der Waals surface area (Å²) < 4.78 is 6.26. The Labute approximate surface area is 123 Å². The third-order valence-corrected chi connectivity index (χ3v) is 5.07. The van der Waals surface area contributed by atoms with E-state index >= 15 is 0 Å². The van der Waals surface area contributed by atoms with Gasteiger partial charge in [-0.2, -0.15) is 0 Å². The molecule has 0 amide bonds. The molecule has 2 aliphatic heterocycles. The molecule has 0 aliphatic carbocycles. The van der Waals surface area contributed by atoms with E-state index in [1.807, 2.05) is 0 Å². The fraction of sp³-hybridized carbons (Fsp3) is 0.667. The first kappa shape index (κ1) is 14.1. The van der Waals surface area contributed by atoms with Gasteiger partial charge in [-0.25, -0.2) is 0 Å². The molecule has 3 atom stereocenters. The molecule has 0 spiro atoms. The van der Waals surface area contributed by atoms with Crippen LogP contribution >= 0.6 is 0 Å². The standard InChI is InChI=1S/C18H27NO/c1-17(2,3)16-11-8-12-18(4)19(16)15(13-20-18)14-9-6-5-7-10-14/h5-7,9-10,15-16H,8,11-13H2,1-4H3/t15-,16+,18-/m1/s1. The number of rotatable bonds is 1. The van der Waals surface area contributed by atoms with Gasteiger partial charge in [-0.3, -0.25) is 4.90 Å². The summed E-state index contributed by atoms with van der Waals surface area (Å²) in [6.45, 7) is 10.2. The summed E-state index contributed by atoms with van der Waals surface area (Å²) in [6.07, 6.45) is 3.71. The number of fused-ring (bicyclic) bond motifs is 1. The van der Waals surface area contributed by atoms with Crippen LogP contribution in [0.1, 0.15) is 58.6 Å². The van der Waals surface area contributed by atoms with Gasteiger partial charge in [0.15, 0.2) is 0 Å². The second kappa shape index (κ2) is 4.85. The Kier molecular flexibility index (Phi) is 3.42. The molecule has 2 heterocycles. The van der Waals surface area contributed by atoms with Crippen LogP contribution in [-0.2, 0) is 4.74 Å². The Morgan fingerprint density at radius 1 is 1.20 bits per heavy atom. The van der Waals surface area contributed by atoms with E-state index in [0.717, 1.165) is 13.0 Å². The minimum atomic E-state index is -0.0727. The second-order valence-electron chi connectivity index (χ2n) is 7.59. The highest BCUT2D eigenvalue weighted by atomic mass is 16.5. The van der Waals surface area contributed by atoms with Crippen molar-refractivity contribution in [2.24, 2.45) is 5.41 Å². The van der Waals surface area contributed by atoms with Crippen molar-refractivity contribution in [3.8, 4) is 0 Å². The van der Waals surface area contributed by atoms with Crippen LogP contribution in [0.3, 0.4) is 0 Å². The molecule has 3 rings (SSSR count). The average Bonchev–Trinajstić information content (AvgIpc) is 2.75. The monoisotopic (exact) mass is 273 g/mol. The highest BCUT2D eigenvalue weighted by Gasteiger charge is 2.52. The van der Waals surface area contributed by atoms with Crippen molar-refractivity contribution in [2.45, 2.75) is 64.8 Å². The Morgan fingerprint density at radius 3 is 2.55 bits per heavy atom. The molecular formula is C18H27NO. The van der Waals surface area contributed by atoms with E-state index in [0.29, 0.717) is 17.5 Å². The first-order chi connectivity index (χ1) is 9.42. The predicted octanol–water partition coefficient (Wildman–Crippen LogP) is 4.37. The maximum atomic E-state index is 6.26. The molecule has 2 heteroatoms. The van der Waals surface area contributed by atoms with Crippen molar-refractivity contribution < 1.29 is 4.74 Å². The van der Waals surface area contributed by atoms with E-state index in [1.165, 1.54) is 18.4 Å². The molecule has 0 unspecified atom stereocenters. The van der Waals surface area contributed by atoms with Gasteiger partial charge in [-0.15, -0.1) is 0 Å². The summed E-state index contributed by atoms with van der Waals surface area (Å²) >= 11 is 0. The smallest absolute Gasteiger partial charge is 0.119 e. The molecule has 1 aromatic rings. The molecule has 2 fully saturated rings. The topological polar surface area (TPSA) is 12.5 Å². The lowest BCUT2D eigenvalue weighted by Crippen LogP contribution is -2.56. The summed E-state index contributed by atoms with van der Waals surface area (Å²) in [6, 6.07) is 11.9.